The molecule has 0 heterocycles. The van der Waals surface area contributed by atoms with E-state index in [1.54, 1.807) is 0 Å². The third kappa shape index (κ3) is 5.35. The number of carbonyl (C=O) groups excluding carboxylic acids is 1. The van der Waals surface area contributed by atoms with Crippen molar-refractivity contribution in [1.29, 1.82) is 0 Å². The van der Waals surface area contributed by atoms with Crippen LogP contribution in [0.1, 0.15) is 60.5 Å². The van der Waals surface area contributed by atoms with Gasteiger partial charge in [-0.3, -0.25) is 0 Å². The Labute approximate surface area is 110 Å². The van der Waals surface area contributed by atoms with Gasteiger partial charge < -0.3 is 4.74 Å². The molecular weight excluding hydrogens is 224 g/mol. The molecule has 0 saturated heterocycles. The van der Waals surface area contributed by atoms with Crippen molar-refractivity contribution < 1.29 is 9.53 Å². The van der Waals surface area contributed by atoms with Crippen LogP contribution in [-0.4, -0.2) is 12.6 Å². The molecule has 0 radical (unpaired) electrons. The summed E-state index contributed by atoms with van der Waals surface area (Å²) >= 11 is 0. The normalized spacial score (nSPS) is 10.4. The number of rotatable bonds is 7. The molecule has 1 rings (SSSR count). The second-order valence-corrected chi connectivity index (χ2v) is 4.93. The van der Waals surface area contributed by atoms with Crippen LogP contribution in [0.25, 0.3) is 0 Å². The maximum atomic E-state index is 11.8. The van der Waals surface area contributed by atoms with E-state index in [-0.39, 0.29) is 5.97 Å². The quantitative estimate of drug-likeness (QED) is 0.527. The molecule has 0 bridgehead atoms. The van der Waals surface area contributed by atoms with Crippen LogP contribution in [-0.2, 0) is 4.74 Å². The number of ether oxygens (including phenoxy) is 1. The molecule has 1 aromatic carbocycles. The van der Waals surface area contributed by atoms with Gasteiger partial charge in [0.05, 0.1) is 12.2 Å². The molecular formula is C16H24O2. The number of esters is 1. The first-order valence-electron chi connectivity index (χ1n) is 6.89. The van der Waals surface area contributed by atoms with Crippen LogP contribution in [0.5, 0.6) is 0 Å². The van der Waals surface area contributed by atoms with Crippen molar-refractivity contribution in [3.05, 3.63) is 34.9 Å². The van der Waals surface area contributed by atoms with Gasteiger partial charge >= 0.3 is 5.97 Å². The standard InChI is InChI=1S/C16H24O2/c1-4-5-6-7-8-9-18-16(17)15-11-13(2)10-14(3)12-15/h10-12H,4-9H2,1-3H3. The fourth-order valence-electron chi connectivity index (χ4n) is 2.05. The van der Waals surface area contributed by atoms with E-state index in [1.165, 1.54) is 19.3 Å². The second-order valence-electron chi connectivity index (χ2n) is 4.93. The summed E-state index contributed by atoms with van der Waals surface area (Å²) in [7, 11) is 0. The first kappa shape index (κ1) is 14.7. The highest BCUT2D eigenvalue weighted by atomic mass is 16.5. The molecule has 100 valence electrons. The summed E-state index contributed by atoms with van der Waals surface area (Å²) in [4.78, 5) is 11.8. The van der Waals surface area contributed by atoms with Gasteiger partial charge in [-0.1, -0.05) is 49.8 Å². The average molecular weight is 248 g/mol. The molecule has 0 aliphatic carbocycles. The van der Waals surface area contributed by atoms with Crippen molar-refractivity contribution in [2.75, 3.05) is 6.61 Å². The van der Waals surface area contributed by atoms with Crippen LogP contribution in [0.15, 0.2) is 18.2 Å². The molecule has 0 fully saturated rings. The molecule has 0 amide bonds. The Morgan fingerprint density at radius 2 is 1.61 bits per heavy atom. The van der Waals surface area contributed by atoms with Gasteiger partial charge in [-0.15, -0.1) is 0 Å². The van der Waals surface area contributed by atoms with Crippen molar-refractivity contribution in [2.24, 2.45) is 0 Å². The summed E-state index contributed by atoms with van der Waals surface area (Å²) in [6.07, 6.45) is 5.86. The average Bonchev–Trinajstić information content (AvgIpc) is 2.32. The van der Waals surface area contributed by atoms with E-state index in [1.807, 2.05) is 26.0 Å². The lowest BCUT2D eigenvalue weighted by atomic mass is 10.1. The molecule has 0 saturated carbocycles. The van der Waals surface area contributed by atoms with Gasteiger partial charge in [0.2, 0.25) is 0 Å². The summed E-state index contributed by atoms with van der Waals surface area (Å²) < 4.78 is 5.28. The molecule has 0 aliphatic rings. The molecule has 1 aromatic rings. The van der Waals surface area contributed by atoms with E-state index in [0.717, 1.165) is 24.0 Å². The number of unbranched alkanes of at least 4 members (excludes halogenated alkanes) is 4. The molecule has 0 aliphatic heterocycles. The van der Waals surface area contributed by atoms with E-state index >= 15 is 0 Å². The Balaban J connectivity index is 2.32. The van der Waals surface area contributed by atoms with E-state index in [2.05, 4.69) is 13.0 Å². The fourth-order valence-corrected chi connectivity index (χ4v) is 2.05. The molecule has 0 N–H and O–H groups in total. The molecule has 0 aromatic heterocycles. The first-order valence-corrected chi connectivity index (χ1v) is 6.89. The molecule has 0 atom stereocenters. The molecule has 2 heteroatoms. The first-order chi connectivity index (χ1) is 8.63. The topological polar surface area (TPSA) is 26.3 Å². The van der Waals surface area contributed by atoms with E-state index in [9.17, 15) is 4.79 Å². The van der Waals surface area contributed by atoms with Gasteiger partial charge in [0.15, 0.2) is 0 Å². The number of hydrogen-bond acceptors (Lipinski definition) is 2. The van der Waals surface area contributed by atoms with Gasteiger partial charge in [-0.05, 0) is 32.4 Å². The van der Waals surface area contributed by atoms with E-state index < -0.39 is 0 Å². The molecule has 0 spiro atoms. The van der Waals surface area contributed by atoms with Crippen LogP contribution in [0.2, 0.25) is 0 Å². The van der Waals surface area contributed by atoms with Crippen molar-refractivity contribution in [1.82, 2.24) is 0 Å². The van der Waals surface area contributed by atoms with Crippen LogP contribution in [0.4, 0.5) is 0 Å². The lowest BCUT2D eigenvalue weighted by molar-refractivity contribution is 0.0497. The monoisotopic (exact) mass is 248 g/mol. The minimum atomic E-state index is -0.197. The summed E-state index contributed by atoms with van der Waals surface area (Å²) in [5.41, 5.74) is 2.87. The van der Waals surface area contributed by atoms with Gasteiger partial charge in [-0.25, -0.2) is 4.79 Å². The smallest absolute Gasteiger partial charge is 0.338 e. The molecule has 0 unspecified atom stereocenters. The SMILES string of the molecule is CCCCCCCOC(=O)c1cc(C)cc(C)c1. The number of hydrogen-bond donors (Lipinski definition) is 0. The Hall–Kier alpha value is -1.31. The largest absolute Gasteiger partial charge is 0.462 e. The summed E-state index contributed by atoms with van der Waals surface area (Å²) in [5.74, 6) is -0.197. The predicted octanol–water partition coefficient (Wildman–Crippen LogP) is 4.43. The van der Waals surface area contributed by atoms with E-state index in [0.29, 0.717) is 12.2 Å². The van der Waals surface area contributed by atoms with Crippen LogP contribution < -0.4 is 0 Å². The van der Waals surface area contributed by atoms with Crippen molar-refractivity contribution >= 4 is 5.97 Å². The van der Waals surface area contributed by atoms with Crippen LogP contribution in [0, 0.1) is 13.8 Å². The lowest BCUT2D eigenvalue weighted by Gasteiger charge is -2.06. The zero-order chi connectivity index (χ0) is 13.4. The van der Waals surface area contributed by atoms with Gasteiger partial charge in [-0.2, -0.15) is 0 Å². The summed E-state index contributed by atoms with van der Waals surface area (Å²) in [6, 6.07) is 5.82. The van der Waals surface area contributed by atoms with Gasteiger partial charge in [0.1, 0.15) is 0 Å². The Morgan fingerprint density at radius 3 is 2.22 bits per heavy atom. The predicted molar refractivity (Wildman–Crippen MR) is 75.0 cm³/mol. The second kappa shape index (κ2) is 7.91. The fraction of sp³-hybridized carbons (Fsp3) is 0.562. The highest BCUT2D eigenvalue weighted by Crippen LogP contribution is 2.10. The van der Waals surface area contributed by atoms with Crippen molar-refractivity contribution in [3.63, 3.8) is 0 Å². The highest BCUT2D eigenvalue weighted by Gasteiger charge is 2.07. The maximum absolute atomic E-state index is 11.8. The van der Waals surface area contributed by atoms with Crippen molar-refractivity contribution in [3.8, 4) is 0 Å². The minimum absolute atomic E-state index is 0.197. The number of benzene rings is 1. The van der Waals surface area contributed by atoms with Crippen LogP contribution in [0.3, 0.4) is 0 Å². The summed E-state index contributed by atoms with van der Waals surface area (Å²) in [6.45, 7) is 6.72. The Morgan fingerprint density at radius 1 is 1.00 bits per heavy atom. The maximum Gasteiger partial charge on any atom is 0.338 e. The number of aryl methyl sites for hydroxylation is 2. The third-order valence-electron chi connectivity index (χ3n) is 2.94. The zero-order valence-electron chi connectivity index (χ0n) is 11.8. The third-order valence-corrected chi connectivity index (χ3v) is 2.94. The highest BCUT2D eigenvalue weighted by molar-refractivity contribution is 5.89. The lowest BCUT2D eigenvalue weighted by Crippen LogP contribution is -2.07. The zero-order valence-corrected chi connectivity index (χ0v) is 11.8. The Bertz CT molecular complexity index is 362. The van der Waals surface area contributed by atoms with E-state index in [4.69, 9.17) is 4.74 Å². The van der Waals surface area contributed by atoms with Gasteiger partial charge in [0, 0.05) is 0 Å². The van der Waals surface area contributed by atoms with Crippen molar-refractivity contribution in [2.45, 2.75) is 52.9 Å². The minimum Gasteiger partial charge on any atom is -0.462 e. The number of carbonyl (C=O) groups is 1. The van der Waals surface area contributed by atoms with Crippen LogP contribution >= 0.6 is 0 Å². The summed E-state index contributed by atoms with van der Waals surface area (Å²) in [5, 5.41) is 0. The van der Waals surface area contributed by atoms with Gasteiger partial charge in [0.25, 0.3) is 0 Å². The molecule has 18 heavy (non-hydrogen) atoms. The molecule has 2 nitrogen and oxygen atoms in total. The Kier molecular flexibility index (Phi) is 6.48.